The zero-order valence-corrected chi connectivity index (χ0v) is 15.5. The Morgan fingerprint density at radius 3 is 2.08 bits per heavy atom. The molecule has 0 radical (unpaired) electrons. The fraction of sp³-hybridized carbons (Fsp3) is 0.222. The van der Waals surface area contributed by atoms with Crippen LogP contribution in [0.5, 0.6) is 0 Å². The minimum Gasteiger partial charge on any atom is -0.267 e. The number of carbonyl (C=O) groups is 2. The lowest BCUT2D eigenvalue weighted by atomic mass is 10.1. The van der Waals surface area contributed by atoms with Crippen LogP contribution in [0.15, 0.2) is 46.9 Å². The summed E-state index contributed by atoms with van der Waals surface area (Å²) in [6.45, 7) is 5.08. The van der Waals surface area contributed by atoms with Crippen LogP contribution in [0.25, 0.3) is 0 Å². The average molecular weight is 411 g/mol. The molecule has 132 valence electrons. The molecule has 0 spiro atoms. The number of nitrogens with zero attached hydrogens (tertiary/aromatic N) is 1. The molecule has 0 aliphatic rings. The molecule has 2 rings (SSSR count). The molecule has 0 aromatic heterocycles. The van der Waals surface area contributed by atoms with Gasteiger partial charge < -0.3 is 0 Å². The first-order valence-corrected chi connectivity index (χ1v) is 8.26. The highest BCUT2D eigenvalue weighted by molar-refractivity contribution is 9.10. The Kier molecular flexibility index (Phi) is 5.57. The van der Waals surface area contributed by atoms with Crippen molar-refractivity contribution in [2.24, 2.45) is 0 Å². The summed E-state index contributed by atoms with van der Waals surface area (Å²) in [6, 6.07) is 9.82. The third-order valence-corrected chi connectivity index (χ3v) is 4.07. The molecular weight excluding hydrogens is 394 g/mol. The van der Waals surface area contributed by atoms with Gasteiger partial charge >= 0.3 is 0 Å². The van der Waals surface area contributed by atoms with Gasteiger partial charge in [-0.05, 0) is 61.0 Å². The topological polar surface area (TPSA) is 49.4 Å². The predicted molar refractivity (Wildman–Crippen MR) is 93.9 cm³/mol. The van der Waals surface area contributed by atoms with Crippen molar-refractivity contribution in [2.45, 2.75) is 26.3 Å². The Morgan fingerprint density at radius 2 is 1.56 bits per heavy atom. The summed E-state index contributed by atoms with van der Waals surface area (Å²) in [5.41, 5.74) is 1.07. The van der Waals surface area contributed by atoms with Gasteiger partial charge in [0.2, 0.25) is 0 Å². The second-order valence-electron chi connectivity index (χ2n) is 6.33. The SMILES string of the molecule is CC(C)(C)N(NC(=O)c1c(F)cccc1F)C(=O)c1ccccc1Br. The highest BCUT2D eigenvalue weighted by Crippen LogP contribution is 2.22. The lowest BCUT2D eigenvalue weighted by Crippen LogP contribution is -2.56. The first-order valence-electron chi connectivity index (χ1n) is 7.47. The van der Waals surface area contributed by atoms with Crippen LogP contribution in [-0.4, -0.2) is 22.4 Å². The standard InChI is InChI=1S/C18H17BrF2N2O2/c1-18(2,3)23(17(25)11-7-4-5-8-12(11)19)22-16(24)15-13(20)9-6-10-14(15)21/h4-10H,1-3H3,(H,22,24). The molecule has 25 heavy (non-hydrogen) atoms. The fourth-order valence-corrected chi connectivity index (χ4v) is 2.60. The first kappa shape index (κ1) is 19.1. The normalized spacial score (nSPS) is 11.1. The molecule has 2 aromatic rings. The number of hydrazine groups is 1. The summed E-state index contributed by atoms with van der Waals surface area (Å²) < 4.78 is 28.2. The number of amides is 2. The fourth-order valence-electron chi connectivity index (χ4n) is 2.15. The van der Waals surface area contributed by atoms with Crippen molar-refractivity contribution in [1.82, 2.24) is 10.4 Å². The lowest BCUT2D eigenvalue weighted by molar-refractivity contribution is 0.0354. The van der Waals surface area contributed by atoms with Crippen LogP contribution in [0.4, 0.5) is 8.78 Å². The zero-order valence-electron chi connectivity index (χ0n) is 13.9. The number of carbonyl (C=O) groups excluding carboxylic acids is 2. The van der Waals surface area contributed by atoms with Crippen LogP contribution in [0.2, 0.25) is 0 Å². The summed E-state index contributed by atoms with van der Waals surface area (Å²) in [6.07, 6.45) is 0. The Bertz CT molecular complexity index is 799. The molecule has 2 amide bonds. The number of nitrogens with one attached hydrogen (secondary N) is 1. The summed E-state index contributed by atoms with van der Waals surface area (Å²) in [5.74, 6) is -3.55. The van der Waals surface area contributed by atoms with Crippen LogP contribution in [0.1, 0.15) is 41.5 Å². The first-order chi connectivity index (χ1) is 11.6. The number of rotatable bonds is 2. The second kappa shape index (κ2) is 7.31. The molecule has 0 aliphatic carbocycles. The van der Waals surface area contributed by atoms with E-state index in [9.17, 15) is 18.4 Å². The molecular formula is C18H17BrF2N2O2. The van der Waals surface area contributed by atoms with E-state index in [1.165, 1.54) is 0 Å². The van der Waals surface area contributed by atoms with Crippen LogP contribution in [0, 0.1) is 11.6 Å². The highest BCUT2D eigenvalue weighted by Gasteiger charge is 2.31. The molecule has 1 N–H and O–H groups in total. The summed E-state index contributed by atoms with van der Waals surface area (Å²) in [5, 5.41) is 1.06. The summed E-state index contributed by atoms with van der Waals surface area (Å²) in [7, 11) is 0. The number of benzene rings is 2. The Balaban J connectivity index is 2.38. The van der Waals surface area contributed by atoms with Gasteiger partial charge in [0.05, 0.1) is 11.1 Å². The third-order valence-electron chi connectivity index (χ3n) is 3.38. The Labute approximate surface area is 152 Å². The van der Waals surface area contributed by atoms with Crippen molar-refractivity contribution in [1.29, 1.82) is 0 Å². The van der Waals surface area contributed by atoms with Crippen LogP contribution in [0.3, 0.4) is 0 Å². The van der Waals surface area contributed by atoms with Gasteiger partial charge in [-0.1, -0.05) is 18.2 Å². The lowest BCUT2D eigenvalue weighted by Gasteiger charge is -2.35. The van der Waals surface area contributed by atoms with Crippen LogP contribution < -0.4 is 5.43 Å². The van der Waals surface area contributed by atoms with Crippen molar-refractivity contribution in [3.63, 3.8) is 0 Å². The van der Waals surface area contributed by atoms with Gasteiger partial charge in [-0.25, -0.2) is 13.8 Å². The van der Waals surface area contributed by atoms with Crippen LogP contribution >= 0.6 is 15.9 Å². The molecule has 0 atom stereocenters. The van der Waals surface area contributed by atoms with E-state index in [-0.39, 0.29) is 0 Å². The van der Waals surface area contributed by atoms with Gasteiger partial charge in [-0.2, -0.15) is 0 Å². The molecule has 7 heteroatoms. The molecule has 0 heterocycles. The molecule has 0 aliphatic heterocycles. The molecule has 0 unspecified atom stereocenters. The Hall–Kier alpha value is -2.28. The van der Waals surface area contributed by atoms with Gasteiger partial charge in [0.25, 0.3) is 11.8 Å². The maximum atomic E-state index is 13.8. The molecule has 0 bridgehead atoms. The predicted octanol–water partition coefficient (Wildman–Crippen LogP) is 4.31. The number of hydrogen-bond donors (Lipinski definition) is 1. The van der Waals surface area contributed by atoms with E-state index in [0.29, 0.717) is 10.0 Å². The zero-order chi connectivity index (χ0) is 18.8. The van der Waals surface area contributed by atoms with E-state index in [1.54, 1.807) is 45.0 Å². The summed E-state index contributed by atoms with van der Waals surface area (Å²) in [4.78, 5) is 25.2. The van der Waals surface area contributed by atoms with E-state index in [0.717, 1.165) is 23.2 Å². The maximum Gasteiger partial charge on any atom is 0.275 e. The average Bonchev–Trinajstić information content (AvgIpc) is 2.51. The van der Waals surface area contributed by atoms with Gasteiger partial charge in [-0.3, -0.25) is 15.0 Å². The van der Waals surface area contributed by atoms with Crippen molar-refractivity contribution in [3.05, 3.63) is 69.7 Å². The minimum absolute atomic E-state index is 0.312. The van der Waals surface area contributed by atoms with Crippen molar-refractivity contribution < 1.29 is 18.4 Å². The number of halogens is 3. The number of hydrogen-bond acceptors (Lipinski definition) is 2. The van der Waals surface area contributed by atoms with E-state index in [4.69, 9.17) is 0 Å². The van der Waals surface area contributed by atoms with E-state index in [1.807, 2.05) is 0 Å². The van der Waals surface area contributed by atoms with Crippen molar-refractivity contribution in [3.8, 4) is 0 Å². The van der Waals surface area contributed by atoms with Gasteiger partial charge in [0, 0.05) is 4.47 Å². The van der Waals surface area contributed by atoms with Crippen LogP contribution in [-0.2, 0) is 0 Å². The van der Waals surface area contributed by atoms with Crippen molar-refractivity contribution in [2.75, 3.05) is 0 Å². The largest absolute Gasteiger partial charge is 0.275 e. The monoisotopic (exact) mass is 410 g/mol. The highest BCUT2D eigenvalue weighted by atomic mass is 79.9. The summed E-state index contributed by atoms with van der Waals surface area (Å²) >= 11 is 3.29. The second-order valence-corrected chi connectivity index (χ2v) is 7.18. The molecule has 4 nitrogen and oxygen atoms in total. The maximum absolute atomic E-state index is 13.8. The van der Waals surface area contributed by atoms with E-state index >= 15 is 0 Å². The Morgan fingerprint density at radius 1 is 1.00 bits per heavy atom. The third kappa shape index (κ3) is 4.22. The molecule has 0 saturated carbocycles. The molecule has 0 fully saturated rings. The molecule has 0 saturated heterocycles. The van der Waals surface area contributed by atoms with Crippen molar-refractivity contribution >= 4 is 27.7 Å². The van der Waals surface area contributed by atoms with E-state index in [2.05, 4.69) is 21.4 Å². The quantitative estimate of drug-likeness (QED) is 0.749. The molecule has 2 aromatic carbocycles. The van der Waals surface area contributed by atoms with Gasteiger partial charge in [-0.15, -0.1) is 0 Å². The van der Waals surface area contributed by atoms with Gasteiger partial charge in [0.15, 0.2) is 0 Å². The minimum atomic E-state index is -1.04. The smallest absolute Gasteiger partial charge is 0.267 e. The van der Waals surface area contributed by atoms with E-state index < -0.39 is 34.6 Å². The van der Waals surface area contributed by atoms with Gasteiger partial charge in [0.1, 0.15) is 17.2 Å².